The molecule has 5 nitrogen and oxygen atoms in total. The van der Waals surface area contributed by atoms with Crippen LogP contribution < -0.4 is 5.73 Å². The SMILES string of the molecule is CCCn1c(C)c(CC(N)C(=O)O)c2cc3c(cc21)CN(C)C3. The number of hydrogen-bond acceptors (Lipinski definition) is 3. The van der Waals surface area contributed by atoms with Gasteiger partial charge in [-0.15, -0.1) is 0 Å². The van der Waals surface area contributed by atoms with E-state index in [1.54, 1.807) is 0 Å². The number of rotatable bonds is 5. The summed E-state index contributed by atoms with van der Waals surface area (Å²) in [6.45, 7) is 7.12. The number of fused-ring (bicyclic) bond motifs is 2. The molecule has 1 aliphatic heterocycles. The summed E-state index contributed by atoms with van der Waals surface area (Å²) in [6.07, 6.45) is 1.43. The molecular weight excluding hydrogens is 290 g/mol. The Morgan fingerprint density at radius 1 is 1.35 bits per heavy atom. The third-order valence-corrected chi connectivity index (χ3v) is 4.84. The lowest BCUT2D eigenvalue weighted by atomic mass is 10.00. The van der Waals surface area contributed by atoms with Gasteiger partial charge in [-0.25, -0.2) is 0 Å². The van der Waals surface area contributed by atoms with Crippen LogP contribution in [0.2, 0.25) is 0 Å². The van der Waals surface area contributed by atoms with Gasteiger partial charge in [0.25, 0.3) is 0 Å². The molecular formula is C18H25N3O2. The molecule has 2 heterocycles. The summed E-state index contributed by atoms with van der Waals surface area (Å²) in [4.78, 5) is 13.5. The second kappa shape index (κ2) is 5.98. The molecule has 0 spiro atoms. The lowest BCUT2D eigenvalue weighted by molar-refractivity contribution is -0.138. The number of benzene rings is 1. The van der Waals surface area contributed by atoms with Crippen LogP contribution in [0.3, 0.4) is 0 Å². The van der Waals surface area contributed by atoms with Crippen molar-refractivity contribution < 1.29 is 9.90 Å². The van der Waals surface area contributed by atoms with Crippen molar-refractivity contribution >= 4 is 16.9 Å². The van der Waals surface area contributed by atoms with Gasteiger partial charge in [-0.1, -0.05) is 6.92 Å². The number of nitrogens with zero attached hydrogens (tertiary/aromatic N) is 2. The number of aliphatic carboxylic acids is 1. The second-order valence-corrected chi connectivity index (χ2v) is 6.67. The highest BCUT2D eigenvalue weighted by Crippen LogP contribution is 2.33. The molecule has 1 unspecified atom stereocenters. The molecule has 0 saturated carbocycles. The Balaban J connectivity index is 2.16. The standard InChI is InChI=1S/C18H25N3O2/c1-4-5-21-11(2)14(8-16(19)18(22)23)15-6-12-9-20(3)10-13(12)7-17(15)21/h6-7,16H,4-5,8-10,19H2,1-3H3,(H,22,23). The molecule has 3 rings (SSSR count). The molecule has 0 aliphatic carbocycles. The predicted octanol–water partition coefficient (Wildman–Crippen LogP) is 2.26. The van der Waals surface area contributed by atoms with Gasteiger partial charge in [0.1, 0.15) is 6.04 Å². The zero-order valence-electron chi connectivity index (χ0n) is 14.1. The normalized spacial score (nSPS) is 16.0. The van der Waals surface area contributed by atoms with Crippen LogP contribution in [0.25, 0.3) is 10.9 Å². The third kappa shape index (κ3) is 2.75. The molecule has 2 aromatic rings. The van der Waals surface area contributed by atoms with E-state index in [1.165, 1.54) is 22.0 Å². The van der Waals surface area contributed by atoms with E-state index in [-0.39, 0.29) is 0 Å². The van der Waals surface area contributed by atoms with Gasteiger partial charge in [-0.3, -0.25) is 9.69 Å². The van der Waals surface area contributed by atoms with Crippen molar-refractivity contribution in [2.75, 3.05) is 7.05 Å². The highest BCUT2D eigenvalue weighted by atomic mass is 16.4. The summed E-state index contributed by atoms with van der Waals surface area (Å²) < 4.78 is 2.32. The summed E-state index contributed by atoms with van der Waals surface area (Å²) in [5.41, 5.74) is 12.0. The first-order chi connectivity index (χ1) is 10.9. The molecule has 0 amide bonds. The maximum atomic E-state index is 11.2. The number of hydrogen-bond donors (Lipinski definition) is 2. The van der Waals surface area contributed by atoms with Gasteiger partial charge in [0.05, 0.1) is 0 Å². The van der Waals surface area contributed by atoms with Crippen molar-refractivity contribution in [3.63, 3.8) is 0 Å². The third-order valence-electron chi connectivity index (χ3n) is 4.84. The maximum Gasteiger partial charge on any atom is 0.320 e. The van der Waals surface area contributed by atoms with Gasteiger partial charge >= 0.3 is 5.97 Å². The highest BCUT2D eigenvalue weighted by molar-refractivity contribution is 5.88. The van der Waals surface area contributed by atoms with Crippen LogP contribution in [0.15, 0.2) is 12.1 Å². The highest BCUT2D eigenvalue weighted by Gasteiger charge is 2.23. The Morgan fingerprint density at radius 2 is 2.00 bits per heavy atom. The summed E-state index contributed by atoms with van der Waals surface area (Å²) in [7, 11) is 2.12. The zero-order chi connectivity index (χ0) is 16.7. The van der Waals surface area contributed by atoms with Crippen molar-refractivity contribution in [3.05, 3.63) is 34.5 Å². The van der Waals surface area contributed by atoms with Gasteiger partial charge in [0.2, 0.25) is 0 Å². The summed E-state index contributed by atoms with van der Waals surface area (Å²) in [5, 5.41) is 10.3. The van der Waals surface area contributed by atoms with E-state index in [1.807, 2.05) is 0 Å². The maximum absolute atomic E-state index is 11.2. The summed E-state index contributed by atoms with van der Waals surface area (Å²) in [6, 6.07) is 3.68. The molecule has 3 N–H and O–H groups in total. The molecule has 1 atom stereocenters. The quantitative estimate of drug-likeness (QED) is 0.888. The number of carboxylic acids is 1. The molecule has 5 heteroatoms. The van der Waals surface area contributed by atoms with E-state index in [2.05, 4.69) is 42.5 Å². The van der Waals surface area contributed by atoms with Gasteiger partial charge in [0, 0.05) is 42.7 Å². The Morgan fingerprint density at radius 3 is 2.61 bits per heavy atom. The molecule has 0 bridgehead atoms. The number of carboxylic acid groups (broad SMARTS) is 1. The van der Waals surface area contributed by atoms with Crippen LogP contribution >= 0.6 is 0 Å². The Kier molecular flexibility index (Phi) is 4.17. The van der Waals surface area contributed by atoms with E-state index in [4.69, 9.17) is 10.8 Å². The largest absolute Gasteiger partial charge is 0.480 e. The fraction of sp³-hybridized carbons (Fsp3) is 0.500. The number of aromatic nitrogens is 1. The fourth-order valence-corrected chi connectivity index (χ4v) is 3.69. The van der Waals surface area contributed by atoms with Gasteiger partial charge < -0.3 is 15.4 Å². The van der Waals surface area contributed by atoms with Crippen molar-refractivity contribution in [1.82, 2.24) is 9.47 Å². The first kappa shape index (κ1) is 16.0. The predicted molar refractivity (Wildman–Crippen MR) is 91.5 cm³/mol. The van der Waals surface area contributed by atoms with Crippen LogP contribution in [-0.2, 0) is 30.8 Å². The van der Waals surface area contributed by atoms with E-state index in [0.717, 1.165) is 37.3 Å². The molecule has 0 fully saturated rings. The van der Waals surface area contributed by atoms with Gasteiger partial charge in [-0.2, -0.15) is 0 Å². The molecule has 1 aromatic carbocycles. The number of nitrogens with two attached hydrogens (primary N) is 1. The Hall–Kier alpha value is -1.85. The van der Waals surface area contributed by atoms with Crippen molar-refractivity contribution in [2.45, 2.75) is 52.4 Å². The lowest BCUT2D eigenvalue weighted by Gasteiger charge is -2.09. The average Bonchev–Trinajstić information content (AvgIpc) is 2.97. The van der Waals surface area contributed by atoms with Crippen LogP contribution in [0, 0.1) is 6.92 Å². The van der Waals surface area contributed by atoms with Crippen molar-refractivity contribution in [3.8, 4) is 0 Å². The van der Waals surface area contributed by atoms with Crippen molar-refractivity contribution in [2.24, 2.45) is 5.73 Å². The van der Waals surface area contributed by atoms with E-state index >= 15 is 0 Å². The monoisotopic (exact) mass is 315 g/mol. The number of aryl methyl sites for hydroxylation is 1. The first-order valence-corrected chi connectivity index (χ1v) is 8.22. The zero-order valence-corrected chi connectivity index (χ0v) is 14.1. The van der Waals surface area contributed by atoms with E-state index in [0.29, 0.717) is 6.42 Å². The van der Waals surface area contributed by atoms with Gasteiger partial charge in [0.15, 0.2) is 0 Å². The van der Waals surface area contributed by atoms with Crippen LogP contribution in [0.5, 0.6) is 0 Å². The molecule has 124 valence electrons. The van der Waals surface area contributed by atoms with Crippen LogP contribution in [-0.4, -0.2) is 33.6 Å². The minimum Gasteiger partial charge on any atom is -0.480 e. The van der Waals surface area contributed by atoms with Gasteiger partial charge in [-0.05, 0) is 49.2 Å². The Bertz CT molecular complexity index is 763. The molecule has 0 radical (unpaired) electrons. The smallest absolute Gasteiger partial charge is 0.320 e. The van der Waals surface area contributed by atoms with E-state index < -0.39 is 12.0 Å². The summed E-state index contributed by atoms with van der Waals surface area (Å²) >= 11 is 0. The lowest BCUT2D eigenvalue weighted by Crippen LogP contribution is -2.32. The Labute approximate surface area is 136 Å². The second-order valence-electron chi connectivity index (χ2n) is 6.67. The van der Waals surface area contributed by atoms with Crippen LogP contribution in [0.4, 0.5) is 0 Å². The minimum absolute atomic E-state index is 0.378. The topological polar surface area (TPSA) is 71.5 Å². The van der Waals surface area contributed by atoms with Crippen molar-refractivity contribution in [1.29, 1.82) is 0 Å². The number of carbonyl (C=O) groups is 1. The van der Waals surface area contributed by atoms with E-state index in [9.17, 15) is 4.79 Å². The minimum atomic E-state index is -0.943. The molecule has 23 heavy (non-hydrogen) atoms. The first-order valence-electron chi connectivity index (χ1n) is 8.22. The molecule has 1 aliphatic rings. The molecule has 1 aromatic heterocycles. The van der Waals surface area contributed by atoms with Crippen LogP contribution in [0.1, 0.15) is 35.7 Å². The average molecular weight is 315 g/mol. The molecule has 0 saturated heterocycles. The fourth-order valence-electron chi connectivity index (χ4n) is 3.69. The summed E-state index contributed by atoms with van der Waals surface area (Å²) in [5.74, 6) is -0.943.